The molecular formula is C27H28N4O2. The number of carbonyl (C=O) groups is 1. The number of piperazine rings is 1. The van der Waals surface area contributed by atoms with Gasteiger partial charge in [0.25, 0.3) is 0 Å². The van der Waals surface area contributed by atoms with Crippen LogP contribution in [0.15, 0.2) is 77.3 Å². The molecule has 2 heterocycles. The summed E-state index contributed by atoms with van der Waals surface area (Å²) in [6.07, 6.45) is 1.75. The molecule has 0 bridgehead atoms. The van der Waals surface area contributed by atoms with Crippen LogP contribution in [0.2, 0.25) is 0 Å². The van der Waals surface area contributed by atoms with Crippen LogP contribution in [0.5, 0.6) is 0 Å². The van der Waals surface area contributed by atoms with Gasteiger partial charge in [0.1, 0.15) is 0 Å². The number of hydrogen-bond donors (Lipinski definition) is 1. The summed E-state index contributed by atoms with van der Waals surface area (Å²) >= 11 is 0. The van der Waals surface area contributed by atoms with Gasteiger partial charge in [0.05, 0.1) is 12.2 Å². The molecule has 0 aliphatic carbocycles. The topological polar surface area (TPSA) is 61.6 Å². The van der Waals surface area contributed by atoms with E-state index in [4.69, 9.17) is 4.42 Å². The number of nitrogens with one attached hydrogen (secondary N) is 1. The van der Waals surface area contributed by atoms with Crippen LogP contribution < -0.4 is 10.2 Å². The van der Waals surface area contributed by atoms with Gasteiger partial charge in [-0.25, -0.2) is 9.78 Å². The molecule has 6 heteroatoms. The van der Waals surface area contributed by atoms with Crippen molar-refractivity contribution in [1.29, 1.82) is 0 Å². The second-order valence-corrected chi connectivity index (χ2v) is 8.50. The third-order valence-electron chi connectivity index (χ3n) is 6.33. The highest BCUT2D eigenvalue weighted by molar-refractivity contribution is 5.86. The molecule has 5 rings (SSSR count). The third-order valence-corrected chi connectivity index (χ3v) is 6.33. The molecule has 0 radical (unpaired) electrons. The number of urea groups is 1. The molecule has 168 valence electrons. The van der Waals surface area contributed by atoms with E-state index >= 15 is 0 Å². The summed E-state index contributed by atoms with van der Waals surface area (Å²) in [6.45, 7) is 6.88. The fourth-order valence-electron chi connectivity index (χ4n) is 4.48. The maximum atomic E-state index is 12.9. The number of carbonyl (C=O) groups excluding carboxylic acids is 1. The van der Waals surface area contributed by atoms with Crippen LogP contribution in [0.1, 0.15) is 24.4 Å². The van der Waals surface area contributed by atoms with Crippen molar-refractivity contribution in [3.05, 3.63) is 84.4 Å². The Hall–Kier alpha value is -3.80. The molecular weight excluding hydrogens is 412 g/mol. The molecule has 1 N–H and O–H groups in total. The second-order valence-electron chi connectivity index (χ2n) is 8.50. The lowest BCUT2D eigenvalue weighted by Gasteiger charge is -2.36. The largest absolute Gasteiger partial charge is 0.441 e. The van der Waals surface area contributed by atoms with E-state index in [-0.39, 0.29) is 12.1 Å². The summed E-state index contributed by atoms with van der Waals surface area (Å²) in [5, 5.41) is 5.56. The van der Waals surface area contributed by atoms with Gasteiger partial charge < -0.3 is 19.5 Å². The lowest BCUT2D eigenvalue weighted by molar-refractivity contribution is 0.191. The summed E-state index contributed by atoms with van der Waals surface area (Å²) in [5.41, 5.74) is 3.31. The Balaban J connectivity index is 1.19. The van der Waals surface area contributed by atoms with E-state index < -0.39 is 0 Å². The van der Waals surface area contributed by atoms with Gasteiger partial charge in [-0.2, -0.15) is 0 Å². The first-order valence-corrected chi connectivity index (χ1v) is 11.4. The van der Waals surface area contributed by atoms with E-state index in [0.717, 1.165) is 35.7 Å². The van der Waals surface area contributed by atoms with Crippen molar-refractivity contribution in [2.75, 3.05) is 31.1 Å². The summed E-state index contributed by atoms with van der Waals surface area (Å²) in [5.74, 6) is 1.44. The molecule has 2 amide bonds. The standard InChI is InChI=1S/C27H28N4O2/c1-19(24-9-5-7-21-6-3-4-8-25(21)24)29-27(32)31-16-14-30(15-17-31)23-12-10-22(11-13-23)26-18-28-20(2)33-26/h3-13,18-19H,14-17H2,1-2H3,(H,29,32)/t19-/m0/s1. The summed E-state index contributed by atoms with van der Waals surface area (Å²) in [7, 11) is 0. The van der Waals surface area contributed by atoms with Crippen molar-refractivity contribution in [2.24, 2.45) is 0 Å². The van der Waals surface area contributed by atoms with Gasteiger partial charge in [0, 0.05) is 44.4 Å². The number of benzene rings is 3. The average molecular weight is 441 g/mol. The van der Waals surface area contributed by atoms with Crippen LogP contribution in [0.4, 0.5) is 10.5 Å². The number of aromatic nitrogens is 1. The minimum atomic E-state index is -0.0612. The van der Waals surface area contributed by atoms with Crippen molar-refractivity contribution >= 4 is 22.5 Å². The summed E-state index contributed by atoms with van der Waals surface area (Å²) in [4.78, 5) is 21.3. The SMILES string of the molecule is Cc1ncc(-c2ccc(N3CCN(C(=O)N[C@@H](C)c4cccc5ccccc45)CC3)cc2)o1. The molecule has 1 aliphatic heterocycles. The Kier molecular flexibility index (Phi) is 5.73. The van der Waals surface area contributed by atoms with Crippen LogP contribution in [0.25, 0.3) is 22.1 Å². The summed E-state index contributed by atoms with van der Waals surface area (Å²) < 4.78 is 5.61. The van der Waals surface area contributed by atoms with Crippen LogP contribution in [0, 0.1) is 6.92 Å². The molecule has 1 fully saturated rings. The Bertz CT molecular complexity index is 1250. The van der Waals surface area contributed by atoms with Crippen LogP contribution >= 0.6 is 0 Å². The number of amides is 2. The number of rotatable bonds is 4. The number of aryl methyl sites for hydroxylation is 1. The second kappa shape index (κ2) is 8.98. The van der Waals surface area contributed by atoms with Gasteiger partial charge in [0.15, 0.2) is 11.7 Å². The van der Waals surface area contributed by atoms with Gasteiger partial charge >= 0.3 is 6.03 Å². The average Bonchev–Trinajstić information content (AvgIpc) is 3.30. The Labute approximate surface area is 193 Å². The Morgan fingerprint density at radius 2 is 1.70 bits per heavy atom. The molecule has 1 aliphatic rings. The van der Waals surface area contributed by atoms with E-state index in [1.54, 1.807) is 6.20 Å². The maximum Gasteiger partial charge on any atom is 0.317 e. The first-order chi connectivity index (χ1) is 16.1. The first kappa shape index (κ1) is 21.1. The van der Waals surface area contributed by atoms with Gasteiger partial charge in [-0.05, 0) is 47.5 Å². The van der Waals surface area contributed by atoms with Crippen molar-refractivity contribution in [3.8, 4) is 11.3 Å². The molecule has 6 nitrogen and oxygen atoms in total. The van der Waals surface area contributed by atoms with Crippen molar-refractivity contribution < 1.29 is 9.21 Å². The lowest BCUT2D eigenvalue weighted by Crippen LogP contribution is -2.52. The van der Waals surface area contributed by atoms with E-state index in [2.05, 4.69) is 63.7 Å². The Morgan fingerprint density at radius 3 is 2.42 bits per heavy atom. The molecule has 3 aromatic carbocycles. The zero-order valence-corrected chi connectivity index (χ0v) is 19.0. The zero-order chi connectivity index (χ0) is 22.8. The van der Waals surface area contributed by atoms with Crippen molar-refractivity contribution in [1.82, 2.24) is 15.2 Å². The third kappa shape index (κ3) is 4.42. The normalized spacial score (nSPS) is 15.0. The number of anilines is 1. The number of oxazole rings is 1. The highest BCUT2D eigenvalue weighted by atomic mass is 16.4. The fourth-order valence-corrected chi connectivity index (χ4v) is 4.48. The van der Waals surface area contributed by atoms with Crippen molar-refractivity contribution in [3.63, 3.8) is 0 Å². The lowest BCUT2D eigenvalue weighted by atomic mass is 10.00. The molecule has 1 aromatic heterocycles. The molecule has 1 atom stereocenters. The van der Waals surface area contributed by atoms with Crippen LogP contribution in [-0.2, 0) is 0 Å². The quantitative estimate of drug-likeness (QED) is 0.462. The molecule has 0 spiro atoms. The van der Waals surface area contributed by atoms with Gasteiger partial charge in [-0.1, -0.05) is 42.5 Å². The number of hydrogen-bond acceptors (Lipinski definition) is 4. The van der Waals surface area contributed by atoms with Gasteiger partial charge in [-0.15, -0.1) is 0 Å². The predicted octanol–water partition coefficient (Wildman–Crippen LogP) is 5.40. The zero-order valence-electron chi connectivity index (χ0n) is 19.0. The van der Waals surface area contributed by atoms with Gasteiger partial charge in [-0.3, -0.25) is 0 Å². The first-order valence-electron chi connectivity index (χ1n) is 11.4. The van der Waals surface area contributed by atoms with E-state index in [9.17, 15) is 4.79 Å². The minimum absolute atomic E-state index is 0.00822. The fraction of sp³-hybridized carbons (Fsp3) is 0.259. The molecule has 33 heavy (non-hydrogen) atoms. The summed E-state index contributed by atoms with van der Waals surface area (Å²) in [6, 6.07) is 22.8. The Morgan fingerprint density at radius 1 is 0.970 bits per heavy atom. The van der Waals surface area contributed by atoms with E-state index in [1.165, 1.54) is 10.8 Å². The predicted molar refractivity (Wildman–Crippen MR) is 131 cm³/mol. The van der Waals surface area contributed by atoms with E-state index in [0.29, 0.717) is 19.0 Å². The molecule has 0 unspecified atom stereocenters. The molecule has 1 saturated heterocycles. The maximum absolute atomic E-state index is 12.9. The highest BCUT2D eigenvalue weighted by Crippen LogP contribution is 2.26. The minimum Gasteiger partial charge on any atom is -0.441 e. The van der Waals surface area contributed by atoms with Gasteiger partial charge in [0.2, 0.25) is 0 Å². The van der Waals surface area contributed by atoms with Crippen LogP contribution in [0.3, 0.4) is 0 Å². The molecule has 4 aromatic rings. The smallest absolute Gasteiger partial charge is 0.317 e. The highest BCUT2D eigenvalue weighted by Gasteiger charge is 2.23. The van der Waals surface area contributed by atoms with E-state index in [1.807, 2.05) is 36.9 Å². The number of fused-ring (bicyclic) bond motifs is 1. The monoisotopic (exact) mass is 440 g/mol. The molecule has 0 saturated carbocycles. The van der Waals surface area contributed by atoms with Crippen molar-refractivity contribution in [2.45, 2.75) is 19.9 Å². The number of nitrogens with zero attached hydrogens (tertiary/aromatic N) is 3. The van der Waals surface area contributed by atoms with Crippen LogP contribution in [-0.4, -0.2) is 42.1 Å².